The third kappa shape index (κ3) is 5.24. The molecule has 1 aliphatic rings. The first-order chi connectivity index (χ1) is 18.4. The molecule has 0 spiro atoms. The number of aromatic nitrogens is 3. The van der Waals surface area contributed by atoms with Crippen molar-refractivity contribution in [3.8, 4) is 17.2 Å². The molecule has 196 valence electrons. The molecule has 1 atom stereocenters. The van der Waals surface area contributed by atoms with Crippen LogP contribution in [-0.2, 0) is 16.1 Å². The van der Waals surface area contributed by atoms with E-state index in [9.17, 15) is 24.9 Å². The highest BCUT2D eigenvalue weighted by Gasteiger charge is 2.35. The maximum atomic E-state index is 14.0. The minimum atomic E-state index is -1.20. The number of para-hydroxylation sites is 1. The molecule has 3 aromatic carbocycles. The van der Waals surface area contributed by atoms with Gasteiger partial charge in [0.25, 0.3) is 0 Å². The van der Waals surface area contributed by atoms with Crippen LogP contribution in [0.3, 0.4) is 0 Å². The maximum absolute atomic E-state index is 14.0. The molecule has 0 unspecified atom stereocenters. The molecule has 2 amide bonds. The fourth-order valence-corrected chi connectivity index (χ4v) is 4.97. The summed E-state index contributed by atoms with van der Waals surface area (Å²) in [6.45, 7) is -0.229. The fraction of sp³-hybridized carbons (Fsp3) is 0.286. The number of phenolic OH excluding ortho intramolecular Hbond substituents is 3. The fourth-order valence-electron chi connectivity index (χ4n) is 4.97. The van der Waals surface area contributed by atoms with Gasteiger partial charge in [0.1, 0.15) is 23.9 Å². The monoisotopic (exact) mass is 515 g/mol. The van der Waals surface area contributed by atoms with Crippen LogP contribution in [-0.4, -0.2) is 48.2 Å². The quantitative estimate of drug-likeness (QED) is 0.275. The van der Waals surface area contributed by atoms with Crippen molar-refractivity contribution < 1.29 is 24.9 Å². The first kappa shape index (κ1) is 25.1. The lowest BCUT2D eigenvalue weighted by Gasteiger charge is -2.33. The van der Waals surface area contributed by atoms with E-state index in [1.807, 2.05) is 12.1 Å². The predicted octanol–water partition coefficient (Wildman–Crippen LogP) is 3.77. The van der Waals surface area contributed by atoms with E-state index in [4.69, 9.17) is 0 Å². The number of anilines is 1. The van der Waals surface area contributed by atoms with Gasteiger partial charge in [0.05, 0.1) is 5.52 Å². The number of hydrogen-bond acceptors (Lipinski definition) is 7. The molecule has 0 radical (unpaired) electrons. The van der Waals surface area contributed by atoms with E-state index in [2.05, 4.69) is 15.6 Å². The Morgan fingerprint density at radius 3 is 2.50 bits per heavy atom. The van der Waals surface area contributed by atoms with Crippen LogP contribution >= 0.6 is 0 Å². The van der Waals surface area contributed by atoms with Gasteiger partial charge < -0.3 is 20.6 Å². The molecule has 0 bridgehead atoms. The second kappa shape index (κ2) is 10.8. The molecule has 10 nitrogen and oxygen atoms in total. The van der Waals surface area contributed by atoms with Crippen molar-refractivity contribution in [1.29, 1.82) is 0 Å². The van der Waals surface area contributed by atoms with Crippen LogP contribution in [0.25, 0.3) is 11.0 Å². The van der Waals surface area contributed by atoms with E-state index in [1.54, 1.807) is 24.3 Å². The molecule has 4 N–H and O–H groups in total. The van der Waals surface area contributed by atoms with E-state index < -0.39 is 23.6 Å². The van der Waals surface area contributed by atoms with Gasteiger partial charge in [-0.3, -0.25) is 14.5 Å². The number of carbonyl (C=O) groups excluding carboxylic acids is 2. The number of amides is 2. The van der Waals surface area contributed by atoms with Crippen LogP contribution in [0.2, 0.25) is 0 Å². The smallest absolute Gasteiger partial charge is 0.249 e. The van der Waals surface area contributed by atoms with Crippen LogP contribution in [0.4, 0.5) is 5.69 Å². The van der Waals surface area contributed by atoms with Crippen molar-refractivity contribution in [3.05, 3.63) is 72.3 Å². The zero-order chi connectivity index (χ0) is 26.6. The lowest BCUT2D eigenvalue weighted by Crippen LogP contribution is -2.48. The zero-order valence-corrected chi connectivity index (χ0v) is 20.7. The maximum Gasteiger partial charge on any atom is 0.249 e. The summed E-state index contributed by atoms with van der Waals surface area (Å²) in [6, 6.07) is 16.1. The lowest BCUT2D eigenvalue weighted by atomic mass is 9.94. The molecule has 5 rings (SSSR count). The van der Waals surface area contributed by atoms with Gasteiger partial charge >= 0.3 is 0 Å². The second-order valence-electron chi connectivity index (χ2n) is 9.51. The number of carbonyl (C=O) groups is 2. The summed E-state index contributed by atoms with van der Waals surface area (Å²) in [5.74, 6) is -1.75. The van der Waals surface area contributed by atoms with Gasteiger partial charge in [0, 0.05) is 17.8 Å². The molecule has 10 heteroatoms. The van der Waals surface area contributed by atoms with Gasteiger partial charge in [0.2, 0.25) is 11.8 Å². The van der Waals surface area contributed by atoms with E-state index in [-0.39, 0.29) is 29.8 Å². The summed E-state index contributed by atoms with van der Waals surface area (Å²) in [5, 5.41) is 41.7. The molecule has 0 saturated heterocycles. The van der Waals surface area contributed by atoms with Crippen LogP contribution in [0.5, 0.6) is 17.2 Å². The molecule has 1 aliphatic carbocycles. The Balaban J connectivity index is 1.58. The summed E-state index contributed by atoms with van der Waals surface area (Å²) in [4.78, 5) is 29.2. The average molecular weight is 516 g/mol. The standard InChI is InChI=1S/C28H29N5O5/c34-21-10-6-9-20(16-21)33(26(37)17-32-23-12-5-4-11-22(23)30-31-32)27(18-13-14-24(35)25(36)15-18)28(38)29-19-7-2-1-3-8-19/h4-6,9-16,19,27,34-36H,1-3,7-8,17H2,(H,29,38)/t27-/m1/s1. The Bertz CT molecular complexity index is 1460. The molecule has 4 aromatic rings. The number of hydrogen-bond donors (Lipinski definition) is 4. The third-order valence-corrected chi connectivity index (χ3v) is 6.86. The number of benzene rings is 3. The minimum Gasteiger partial charge on any atom is -0.508 e. The molecular weight excluding hydrogens is 486 g/mol. The van der Waals surface area contributed by atoms with Crippen LogP contribution < -0.4 is 10.2 Å². The summed E-state index contributed by atoms with van der Waals surface area (Å²) in [6.07, 6.45) is 4.80. The number of rotatable bonds is 7. The Hall–Kier alpha value is -4.60. The Morgan fingerprint density at radius 1 is 0.947 bits per heavy atom. The van der Waals surface area contributed by atoms with Gasteiger partial charge in [-0.05, 0) is 54.8 Å². The summed E-state index contributed by atoms with van der Waals surface area (Å²) >= 11 is 0. The highest BCUT2D eigenvalue weighted by Crippen LogP contribution is 2.35. The van der Waals surface area contributed by atoms with Gasteiger partial charge in [-0.25, -0.2) is 4.68 Å². The van der Waals surface area contributed by atoms with Crippen molar-refractivity contribution in [2.24, 2.45) is 0 Å². The van der Waals surface area contributed by atoms with Crippen molar-refractivity contribution >= 4 is 28.5 Å². The Morgan fingerprint density at radius 2 is 1.74 bits per heavy atom. The van der Waals surface area contributed by atoms with Gasteiger partial charge in [-0.1, -0.05) is 48.7 Å². The Labute approximate surface area is 219 Å². The van der Waals surface area contributed by atoms with Crippen molar-refractivity contribution in [1.82, 2.24) is 20.3 Å². The van der Waals surface area contributed by atoms with Gasteiger partial charge in [0.15, 0.2) is 11.5 Å². The Kier molecular flexibility index (Phi) is 7.12. The molecule has 0 aliphatic heterocycles. The topological polar surface area (TPSA) is 141 Å². The first-order valence-electron chi connectivity index (χ1n) is 12.6. The number of nitrogens with zero attached hydrogens (tertiary/aromatic N) is 4. The normalized spacial score (nSPS) is 14.7. The molecule has 1 heterocycles. The van der Waals surface area contributed by atoms with Crippen LogP contribution in [0.15, 0.2) is 66.7 Å². The summed E-state index contributed by atoms with van der Waals surface area (Å²) in [7, 11) is 0. The number of fused-ring (bicyclic) bond motifs is 1. The predicted molar refractivity (Wildman–Crippen MR) is 141 cm³/mol. The van der Waals surface area contributed by atoms with E-state index in [0.717, 1.165) is 32.1 Å². The van der Waals surface area contributed by atoms with Crippen molar-refractivity contribution in [2.75, 3.05) is 4.90 Å². The van der Waals surface area contributed by atoms with Crippen LogP contribution in [0, 0.1) is 0 Å². The van der Waals surface area contributed by atoms with E-state index in [0.29, 0.717) is 16.6 Å². The van der Waals surface area contributed by atoms with E-state index >= 15 is 0 Å². The van der Waals surface area contributed by atoms with Crippen molar-refractivity contribution in [3.63, 3.8) is 0 Å². The van der Waals surface area contributed by atoms with Crippen LogP contribution in [0.1, 0.15) is 43.7 Å². The van der Waals surface area contributed by atoms with Gasteiger partial charge in [-0.2, -0.15) is 0 Å². The molecule has 1 saturated carbocycles. The molecule has 1 aromatic heterocycles. The van der Waals surface area contributed by atoms with Gasteiger partial charge in [-0.15, -0.1) is 5.10 Å². The minimum absolute atomic E-state index is 0.0372. The number of aromatic hydroxyl groups is 3. The summed E-state index contributed by atoms with van der Waals surface area (Å²) in [5.41, 5.74) is 1.87. The highest BCUT2D eigenvalue weighted by atomic mass is 16.3. The lowest BCUT2D eigenvalue weighted by molar-refractivity contribution is -0.127. The van der Waals surface area contributed by atoms with Crippen molar-refractivity contribution in [2.45, 2.75) is 50.7 Å². The zero-order valence-electron chi connectivity index (χ0n) is 20.7. The molecule has 1 fully saturated rings. The number of phenols is 3. The first-order valence-corrected chi connectivity index (χ1v) is 12.6. The SMILES string of the molecule is O=C(NC1CCCCC1)[C@@H](c1ccc(O)c(O)c1)N(C(=O)Cn1nnc2ccccc21)c1cccc(O)c1. The average Bonchev–Trinajstić information content (AvgIpc) is 3.32. The number of nitrogens with one attached hydrogen (secondary N) is 1. The molecular formula is C28H29N5O5. The largest absolute Gasteiger partial charge is 0.508 e. The second-order valence-corrected chi connectivity index (χ2v) is 9.51. The van der Waals surface area contributed by atoms with E-state index in [1.165, 1.54) is 39.9 Å². The summed E-state index contributed by atoms with van der Waals surface area (Å²) < 4.78 is 1.46. The molecule has 38 heavy (non-hydrogen) atoms. The highest BCUT2D eigenvalue weighted by molar-refractivity contribution is 6.01. The third-order valence-electron chi connectivity index (χ3n) is 6.86.